The highest BCUT2D eigenvalue weighted by atomic mass is 28.3. The average Bonchev–Trinajstić information content (AvgIpc) is 2.15. The summed E-state index contributed by atoms with van der Waals surface area (Å²) in [5.74, 6) is -0.164. The summed E-state index contributed by atoms with van der Waals surface area (Å²) in [6, 6.07) is 11.3. The molecule has 0 fully saturated rings. The lowest BCUT2D eigenvalue weighted by Crippen LogP contribution is -2.37. The molecule has 2 rings (SSSR count). The van der Waals surface area contributed by atoms with E-state index < -0.39 is 8.07 Å². The molecule has 0 saturated carbocycles. The Bertz CT molecular complexity index is 497. The summed E-state index contributed by atoms with van der Waals surface area (Å²) in [4.78, 5) is 0. The van der Waals surface area contributed by atoms with Gasteiger partial charge in [-0.3, -0.25) is 0 Å². The lowest BCUT2D eigenvalue weighted by atomic mass is 10.1. The van der Waals surface area contributed by atoms with Gasteiger partial charge in [0.05, 0.1) is 8.07 Å². The third-order valence-electron chi connectivity index (χ3n) is 2.67. The van der Waals surface area contributed by atoms with E-state index in [0.717, 1.165) is 10.8 Å². The maximum Gasteiger partial charge on any atom is 0.123 e. The standard InChI is InChI=1S/C13H15FSi/c1-15(2,3)13-7-5-10-8-12(14)6-4-11(10)9-13/h4-9H,1-3H3. The predicted octanol–water partition coefficient (Wildman–Crippen LogP) is 3.52. The highest BCUT2D eigenvalue weighted by Crippen LogP contribution is 2.15. The van der Waals surface area contributed by atoms with E-state index in [4.69, 9.17) is 0 Å². The van der Waals surface area contributed by atoms with Gasteiger partial charge in [0.2, 0.25) is 0 Å². The van der Waals surface area contributed by atoms with E-state index in [1.807, 2.05) is 12.1 Å². The van der Waals surface area contributed by atoms with Gasteiger partial charge in [0.15, 0.2) is 0 Å². The smallest absolute Gasteiger partial charge is 0.123 e. The van der Waals surface area contributed by atoms with Crippen molar-refractivity contribution in [3.05, 3.63) is 42.2 Å². The van der Waals surface area contributed by atoms with Crippen LogP contribution in [-0.4, -0.2) is 8.07 Å². The second-order valence-corrected chi connectivity index (χ2v) is 10.0. The van der Waals surface area contributed by atoms with Crippen LogP contribution in [0.25, 0.3) is 10.8 Å². The molecule has 2 aromatic rings. The summed E-state index contributed by atoms with van der Waals surface area (Å²) in [6.45, 7) is 6.95. The van der Waals surface area contributed by atoms with Crippen molar-refractivity contribution in [3.8, 4) is 0 Å². The monoisotopic (exact) mass is 218 g/mol. The summed E-state index contributed by atoms with van der Waals surface area (Å²) >= 11 is 0. The van der Waals surface area contributed by atoms with Crippen molar-refractivity contribution in [1.82, 2.24) is 0 Å². The molecule has 0 atom stereocenters. The first-order valence-corrected chi connectivity index (χ1v) is 8.67. The number of benzene rings is 2. The van der Waals surface area contributed by atoms with E-state index in [1.54, 1.807) is 6.07 Å². The summed E-state index contributed by atoms with van der Waals surface area (Å²) < 4.78 is 13.0. The molecule has 78 valence electrons. The number of halogens is 1. The maximum absolute atomic E-state index is 13.0. The Balaban J connectivity index is 2.62. The molecule has 15 heavy (non-hydrogen) atoms. The van der Waals surface area contributed by atoms with Gasteiger partial charge in [0.1, 0.15) is 5.82 Å². The van der Waals surface area contributed by atoms with Gasteiger partial charge in [-0.2, -0.15) is 0 Å². The van der Waals surface area contributed by atoms with Crippen LogP contribution in [0.5, 0.6) is 0 Å². The predicted molar refractivity (Wildman–Crippen MR) is 66.9 cm³/mol. The fraction of sp³-hybridized carbons (Fsp3) is 0.231. The van der Waals surface area contributed by atoms with Crippen molar-refractivity contribution in [2.45, 2.75) is 19.6 Å². The van der Waals surface area contributed by atoms with Gasteiger partial charge >= 0.3 is 0 Å². The zero-order valence-corrected chi connectivity index (χ0v) is 10.3. The van der Waals surface area contributed by atoms with E-state index >= 15 is 0 Å². The molecule has 0 aromatic heterocycles. The number of fused-ring (bicyclic) bond motifs is 1. The second kappa shape index (κ2) is 3.45. The zero-order valence-electron chi connectivity index (χ0n) is 9.34. The zero-order chi connectivity index (χ0) is 11.1. The molecule has 2 heteroatoms. The second-order valence-electron chi connectivity index (χ2n) is 4.96. The lowest BCUT2D eigenvalue weighted by molar-refractivity contribution is 0.630. The van der Waals surface area contributed by atoms with Crippen LogP contribution in [0.15, 0.2) is 36.4 Å². The lowest BCUT2D eigenvalue weighted by Gasteiger charge is -2.17. The Labute approximate surface area is 90.8 Å². The molecular weight excluding hydrogens is 203 g/mol. The molecule has 0 radical (unpaired) electrons. The van der Waals surface area contributed by atoms with Crippen LogP contribution < -0.4 is 5.19 Å². The van der Waals surface area contributed by atoms with Gasteiger partial charge in [0.25, 0.3) is 0 Å². The van der Waals surface area contributed by atoms with Gasteiger partial charge in [-0.25, -0.2) is 4.39 Å². The quantitative estimate of drug-likeness (QED) is 0.642. The molecule has 0 aliphatic rings. The summed E-state index contributed by atoms with van der Waals surface area (Å²) in [7, 11) is -1.26. The fourth-order valence-corrected chi connectivity index (χ4v) is 2.85. The van der Waals surface area contributed by atoms with Gasteiger partial charge in [0, 0.05) is 0 Å². The Morgan fingerprint density at radius 1 is 0.867 bits per heavy atom. The van der Waals surface area contributed by atoms with Gasteiger partial charge in [-0.05, 0) is 22.9 Å². The Morgan fingerprint density at radius 3 is 2.13 bits per heavy atom. The highest BCUT2D eigenvalue weighted by Gasteiger charge is 2.16. The van der Waals surface area contributed by atoms with Crippen LogP contribution >= 0.6 is 0 Å². The first-order chi connectivity index (χ1) is 6.97. The number of hydrogen-bond acceptors (Lipinski definition) is 0. The normalized spacial score (nSPS) is 12.0. The molecule has 0 spiro atoms. The van der Waals surface area contributed by atoms with E-state index in [1.165, 1.54) is 11.3 Å². The van der Waals surface area contributed by atoms with E-state index in [2.05, 4.69) is 31.8 Å². The van der Waals surface area contributed by atoms with Crippen LogP contribution in [0.1, 0.15) is 0 Å². The van der Waals surface area contributed by atoms with Crippen molar-refractivity contribution < 1.29 is 4.39 Å². The molecule has 0 aliphatic carbocycles. The Morgan fingerprint density at radius 2 is 1.47 bits per heavy atom. The van der Waals surface area contributed by atoms with Crippen molar-refractivity contribution in [2.75, 3.05) is 0 Å². The molecule has 2 aromatic carbocycles. The number of rotatable bonds is 1. The molecule has 0 heterocycles. The first-order valence-electron chi connectivity index (χ1n) is 5.17. The van der Waals surface area contributed by atoms with Gasteiger partial charge < -0.3 is 0 Å². The van der Waals surface area contributed by atoms with Crippen LogP contribution in [0.3, 0.4) is 0 Å². The van der Waals surface area contributed by atoms with Gasteiger partial charge in [-0.15, -0.1) is 0 Å². The first kappa shape index (κ1) is 10.4. The molecular formula is C13H15FSi. The summed E-state index contributed by atoms with van der Waals surface area (Å²) in [5.41, 5.74) is 0. The topological polar surface area (TPSA) is 0 Å². The largest absolute Gasteiger partial charge is 0.207 e. The minimum Gasteiger partial charge on any atom is -0.207 e. The molecule has 0 amide bonds. The van der Waals surface area contributed by atoms with E-state index in [-0.39, 0.29) is 5.82 Å². The molecule has 0 bridgehead atoms. The van der Waals surface area contributed by atoms with Crippen LogP contribution in [0.2, 0.25) is 19.6 Å². The average molecular weight is 218 g/mol. The van der Waals surface area contributed by atoms with Gasteiger partial charge in [-0.1, -0.05) is 49.1 Å². The van der Waals surface area contributed by atoms with E-state index in [9.17, 15) is 4.39 Å². The molecule has 0 unspecified atom stereocenters. The van der Waals surface area contributed by atoms with Crippen molar-refractivity contribution >= 4 is 24.0 Å². The van der Waals surface area contributed by atoms with Crippen molar-refractivity contribution in [1.29, 1.82) is 0 Å². The SMILES string of the molecule is C[Si](C)(C)c1ccc2cc(F)ccc2c1. The van der Waals surface area contributed by atoms with Crippen LogP contribution in [0.4, 0.5) is 4.39 Å². The highest BCUT2D eigenvalue weighted by molar-refractivity contribution is 6.88. The molecule has 0 saturated heterocycles. The summed E-state index contributed by atoms with van der Waals surface area (Å²) in [6.07, 6.45) is 0. The molecule has 0 aliphatic heterocycles. The maximum atomic E-state index is 13.0. The van der Waals surface area contributed by atoms with Crippen LogP contribution in [-0.2, 0) is 0 Å². The molecule has 0 nitrogen and oxygen atoms in total. The third-order valence-corrected chi connectivity index (χ3v) is 4.71. The third kappa shape index (κ3) is 2.10. The summed E-state index contributed by atoms with van der Waals surface area (Å²) in [5, 5.41) is 3.54. The van der Waals surface area contributed by atoms with Crippen LogP contribution in [0, 0.1) is 5.82 Å². The van der Waals surface area contributed by atoms with E-state index in [0.29, 0.717) is 0 Å². The fourth-order valence-electron chi connectivity index (χ4n) is 1.68. The number of hydrogen-bond donors (Lipinski definition) is 0. The Kier molecular flexibility index (Phi) is 2.39. The molecule has 0 N–H and O–H groups in total. The minimum atomic E-state index is -1.26. The van der Waals surface area contributed by atoms with Crippen molar-refractivity contribution in [2.24, 2.45) is 0 Å². The minimum absolute atomic E-state index is 0.164. The van der Waals surface area contributed by atoms with Crippen molar-refractivity contribution in [3.63, 3.8) is 0 Å². The Hall–Kier alpha value is -1.15.